The van der Waals surface area contributed by atoms with Crippen molar-refractivity contribution in [2.24, 2.45) is 0 Å². The summed E-state index contributed by atoms with van der Waals surface area (Å²) in [5.41, 5.74) is 0.568. The minimum atomic E-state index is -0.349. The SMILES string of the molecule is CCOc1ccc(NC(=O)c2ccc(COC)o2)cc1Cl. The third-order valence-corrected chi connectivity index (χ3v) is 2.96. The van der Waals surface area contributed by atoms with Gasteiger partial charge in [0, 0.05) is 12.8 Å². The minimum Gasteiger partial charge on any atom is -0.492 e. The summed E-state index contributed by atoms with van der Waals surface area (Å²) in [6.45, 7) is 2.72. The van der Waals surface area contributed by atoms with Gasteiger partial charge in [-0.05, 0) is 37.3 Å². The number of hydrogen-bond donors (Lipinski definition) is 1. The molecule has 0 saturated carbocycles. The van der Waals surface area contributed by atoms with Crippen molar-refractivity contribution in [1.29, 1.82) is 0 Å². The molecule has 1 N–H and O–H groups in total. The highest BCUT2D eigenvalue weighted by molar-refractivity contribution is 6.32. The van der Waals surface area contributed by atoms with Gasteiger partial charge >= 0.3 is 0 Å². The van der Waals surface area contributed by atoms with E-state index in [0.717, 1.165) is 0 Å². The molecule has 0 saturated heterocycles. The molecule has 0 bridgehead atoms. The van der Waals surface area contributed by atoms with Gasteiger partial charge < -0.3 is 19.2 Å². The Bertz CT molecular complexity index is 624. The molecule has 0 aliphatic heterocycles. The van der Waals surface area contributed by atoms with Crippen LogP contribution >= 0.6 is 11.6 Å². The first-order valence-electron chi connectivity index (χ1n) is 6.45. The summed E-state index contributed by atoms with van der Waals surface area (Å²) in [5, 5.41) is 3.15. The zero-order valence-electron chi connectivity index (χ0n) is 11.8. The maximum absolute atomic E-state index is 12.0. The summed E-state index contributed by atoms with van der Waals surface area (Å²) in [6, 6.07) is 8.35. The first-order chi connectivity index (χ1) is 10.1. The number of carbonyl (C=O) groups excluding carboxylic acids is 1. The van der Waals surface area contributed by atoms with Gasteiger partial charge in [0.15, 0.2) is 5.76 Å². The Balaban J connectivity index is 2.06. The lowest BCUT2D eigenvalue weighted by Crippen LogP contribution is -2.10. The molecule has 6 heteroatoms. The van der Waals surface area contributed by atoms with E-state index < -0.39 is 0 Å². The molecule has 1 amide bonds. The van der Waals surface area contributed by atoms with Crippen molar-refractivity contribution >= 4 is 23.2 Å². The average Bonchev–Trinajstić information content (AvgIpc) is 2.91. The standard InChI is InChI=1S/C15H16ClNO4/c1-3-20-13-6-4-10(8-12(13)16)17-15(18)14-7-5-11(21-14)9-19-2/h4-8H,3,9H2,1-2H3,(H,17,18). The van der Waals surface area contributed by atoms with E-state index in [-0.39, 0.29) is 11.7 Å². The van der Waals surface area contributed by atoms with Crippen LogP contribution in [-0.4, -0.2) is 19.6 Å². The molecule has 112 valence electrons. The number of furan rings is 1. The van der Waals surface area contributed by atoms with E-state index in [0.29, 0.717) is 35.4 Å². The topological polar surface area (TPSA) is 60.7 Å². The number of carbonyl (C=O) groups is 1. The third kappa shape index (κ3) is 4.00. The molecule has 0 radical (unpaired) electrons. The van der Waals surface area contributed by atoms with E-state index >= 15 is 0 Å². The molecular weight excluding hydrogens is 294 g/mol. The van der Waals surface area contributed by atoms with E-state index in [9.17, 15) is 4.79 Å². The van der Waals surface area contributed by atoms with Crippen LogP contribution in [0.4, 0.5) is 5.69 Å². The summed E-state index contributed by atoms with van der Waals surface area (Å²) >= 11 is 6.07. The lowest BCUT2D eigenvalue weighted by atomic mass is 10.3. The van der Waals surface area contributed by atoms with E-state index in [1.54, 1.807) is 37.4 Å². The van der Waals surface area contributed by atoms with Crippen LogP contribution in [0.3, 0.4) is 0 Å². The normalized spacial score (nSPS) is 10.4. The van der Waals surface area contributed by atoms with E-state index in [4.69, 9.17) is 25.5 Å². The predicted octanol–water partition coefficient (Wildman–Crippen LogP) is 3.73. The molecule has 1 aromatic heterocycles. The minimum absolute atomic E-state index is 0.215. The second-order valence-electron chi connectivity index (χ2n) is 4.23. The number of hydrogen-bond acceptors (Lipinski definition) is 4. The molecule has 1 heterocycles. The van der Waals surface area contributed by atoms with Crippen LogP contribution in [0.1, 0.15) is 23.2 Å². The van der Waals surface area contributed by atoms with Crippen LogP contribution in [-0.2, 0) is 11.3 Å². The molecule has 0 atom stereocenters. The van der Waals surface area contributed by atoms with E-state index in [1.807, 2.05) is 6.92 Å². The lowest BCUT2D eigenvalue weighted by molar-refractivity contribution is 0.0987. The molecule has 0 aliphatic carbocycles. The largest absolute Gasteiger partial charge is 0.492 e. The number of halogens is 1. The van der Waals surface area contributed by atoms with Crippen molar-refractivity contribution in [1.82, 2.24) is 0 Å². The Labute approximate surface area is 127 Å². The summed E-state index contributed by atoms with van der Waals surface area (Å²) < 4.78 is 15.6. The monoisotopic (exact) mass is 309 g/mol. The van der Waals surface area contributed by atoms with Gasteiger partial charge in [-0.25, -0.2) is 0 Å². The van der Waals surface area contributed by atoms with Gasteiger partial charge in [0.05, 0.1) is 11.6 Å². The van der Waals surface area contributed by atoms with Crippen LogP contribution in [0.2, 0.25) is 5.02 Å². The summed E-state index contributed by atoms with van der Waals surface area (Å²) in [4.78, 5) is 12.0. The highest BCUT2D eigenvalue weighted by Gasteiger charge is 2.12. The Kier molecular flexibility index (Phi) is 5.25. The Morgan fingerprint density at radius 3 is 2.81 bits per heavy atom. The lowest BCUT2D eigenvalue weighted by Gasteiger charge is -2.08. The molecule has 0 fully saturated rings. The van der Waals surface area contributed by atoms with Crippen molar-refractivity contribution < 1.29 is 18.7 Å². The van der Waals surface area contributed by atoms with Gasteiger partial charge in [-0.15, -0.1) is 0 Å². The zero-order chi connectivity index (χ0) is 15.2. The van der Waals surface area contributed by atoms with Gasteiger partial charge in [0.25, 0.3) is 5.91 Å². The molecule has 0 spiro atoms. The number of benzene rings is 1. The van der Waals surface area contributed by atoms with Crippen molar-refractivity contribution in [3.8, 4) is 5.75 Å². The maximum Gasteiger partial charge on any atom is 0.291 e. The van der Waals surface area contributed by atoms with Crippen LogP contribution in [0, 0.1) is 0 Å². The third-order valence-electron chi connectivity index (χ3n) is 2.66. The number of nitrogens with one attached hydrogen (secondary N) is 1. The molecule has 2 aromatic rings. The van der Waals surface area contributed by atoms with Gasteiger partial charge in [-0.2, -0.15) is 0 Å². The summed E-state index contributed by atoms with van der Waals surface area (Å²) in [6.07, 6.45) is 0. The molecule has 21 heavy (non-hydrogen) atoms. The highest BCUT2D eigenvalue weighted by Crippen LogP contribution is 2.28. The van der Waals surface area contributed by atoms with Crippen LogP contribution in [0.15, 0.2) is 34.7 Å². The van der Waals surface area contributed by atoms with Crippen molar-refractivity contribution in [2.45, 2.75) is 13.5 Å². The summed E-state index contributed by atoms with van der Waals surface area (Å²) in [5.74, 6) is 1.04. The molecular formula is C15H16ClNO4. The number of anilines is 1. The van der Waals surface area contributed by atoms with Gasteiger partial charge in [0.1, 0.15) is 18.1 Å². The van der Waals surface area contributed by atoms with Crippen LogP contribution < -0.4 is 10.1 Å². The van der Waals surface area contributed by atoms with Crippen molar-refractivity contribution in [3.63, 3.8) is 0 Å². The van der Waals surface area contributed by atoms with Crippen molar-refractivity contribution in [2.75, 3.05) is 19.0 Å². The smallest absolute Gasteiger partial charge is 0.291 e. The first kappa shape index (κ1) is 15.4. The average molecular weight is 310 g/mol. The first-order valence-corrected chi connectivity index (χ1v) is 6.83. The number of ether oxygens (including phenoxy) is 2. The van der Waals surface area contributed by atoms with E-state index in [1.165, 1.54) is 0 Å². The second kappa shape index (κ2) is 7.15. The quantitative estimate of drug-likeness (QED) is 0.883. The van der Waals surface area contributed by atoms with Gasteiger partial charge in [-0.1, -0.05) is 11.6 Å². The van der Waals surface area contributed by atoms with Crippen molar-refractivity contribution in [3.05, 3.63) is 46.9 Å². The number of amides is 1. The molecule has 0 aliphatic rings. The maximum atomic E-state index is 12.0. The Morgan fingerprint density at radius 2 is 2.14 bits per heavy atom. The van der Waals surface area contributed by atoms with Gasteiger partial charge in [-0.3, -0.25) is 4.79 Å². The fraction of sp³-hybridized carbons (Fsp3) is 0.267. The second-order valence-corrected chi connectivity index (χ2v) is 4.64. The Hall–Kier alpha value is -1.98. The highest BCUT2D eigenvalue weighted by atomic mass is 35.5. The molecule has 2 rings (SSSR count). The van der Waals surface area contributed by atoms with Gasteiger partial charge in [0.2, 0.25) is 0 Å². The Morgan fingerprint density at radius 1 is 1.33 bits per heavy atom. The number of rotatable bonds is 6. The fourth-order valence-corrected chi connectivity index (χ4v) is 2.00. The molecule has 0 unspecified atom stereocenters. The fourth-order valence-electron chi connectivity index (χ4n) is 1.76. The molecule has 5 nitrogen and oxygen atoms in total. The summed E-state index contributed by atoms with van der Waals surface area (Å²) in [7, 11) is 1.56. The van der Waals surface area contributed by atoms with Crippen LogP contribution in [0.5, 0.6) is 5.75 Å². The molecule has 1 aromatic carbocycles. The van der Waals surface area contributed by atoms with E-state index in [2.05, 4.69) is 5.32 Å². The number of methoxy groups -OCH3 is 1. The van der Waals surface area contributed by atoms with Crippen LogP contribution in [0.25, 0.3) is 0 Å². The predicted molar refractivity (Wildman–Crippen MR) is 80.0 cm³/mol. The zero-order valence-corrected chi connectivity index (χ0v) is 12.6.